The normalized spacial score (nSPS) is 18.3. The SMILES string of the molecule is Cc1ccccc1C(O)(CCN1CCCC1)c1ccccn1. The lowest BCUT2D eigenvalue weighted by atomic mass is 9.84. The van der Waals surface area contributed by atoms with Crippen LogP contribution in [0.1, 0.15) is 36.1 Å². The molecule has 116 valence electrons. The van der Waals surface area contributed by atoms with Gasteiger partial charge >= 0.3 is 0 Å². The fraction of sp³-hybridized carbons (Fsp3) is 0.421. The number of aliphatic hydroxyl groups is 1. The quantitative estimate of drug-likeness (QED) is 0.921. The van der Waals surface area contributed by atoms with Gasteiger partial charge in [-0.05, 0) is 62.5 Å². The fourth-order valence-corrected chi connectivity index (χ4v) is 3.37. The number of aryl methyl sites for hydroxylation is 1. The van der Waals surface area contributed by atoms with Crippen LogP contribution in [0.2, 0.25) is 0 Å². The van der Waals surface area contributed by atoms with Gasteiger partial charge in [-0.15, -0.1) is 0 Å². The Morgan fingerprint density at radius 1 is 1.09 bits per heavy atom. The van der Waals surface area contributed by atoms with Gasteiger partial charge in [-0.25, -0.2) is 0 Å². The van der Waals surface area contributed by atoms with Crippen LogP contribution in [0.3, 0.4) is 0 Å². The number of hydrogen-bond donors (Lipinski definition) is 1. The van der Waals surface area contributed by atoms with Crippen molar-refractivity contribution in [3.63, 3.8) is 0 Å². The van der Waals surface area contributed by atoms with Gasteiger partial charge < -0.3 is 10.0 Å². The minimum atomic E-state index is -1.02. The lowest BCUT2D eigenvalue weighted by Gasteiger charge is -2.31. The van der Waals surface area contributed by atoms with Crippen molar-refractivity contribution in [1.82, 2.24) is 9.88 Å². The van der Waals surface area contributed by atoms with Gasteiger partial charge in [0, 0.05) is 12.7 Å². The summed E-state index contributed by atoms with van der Waals surface area (Å²) >= 11 is 0. The first-order valence-electron chi connectivity index (χ1n) is 8.12. The molecule has 0 spiro atoms. The Bertz CT molecular complexity index is 608. The zero-order valence-corrected chi connectivity index (χ0v) is 13.2. The topological polar surface area (TPSA) is 36.4 Å². The molecule has 0 amide bonds. The average Bonchev–Trinajstić information content (AvgIpc) is 3.07. The Morgan fingerprint density at radius 2 is 1.82 bits per heavy atom. The maximum Gasteiger partial charge on any atom is 0.133 e. The van der Waals surface area contributed by atoms with E-state index in [0.717, 1.165) is 36.5 Å². The molecule has 1 aromatic carbocycles. The van der Waals surface area contributed by atoms with Crippen molar-refractivity contribution in [3.8, 4) is 0 Å². The predicted molar refractivity (Wildman–Crippen MR) is 88.7 cm³/mol. The average molecular weight is 296 g/mol. The van der Waals surface area contributed by atoms with Gasteiger partial charge in [-0.1, -0.05) is 30.3 Å². The maximum absolute atomic E-state index is 11.5. The highest BCUT2D eigenvalue weighted by Crippen LogP contribution is 2.34. The highest BCUT2D eigenvalue weighted by molar-refractivity contribution is 5.37. The van der Waals surface area contributed by atoms with Gasteiger partial charge in [-0.2, -0.15) is 0 Å². The van der Waals surface area contributed by atoms with E-state index in [4.69, 9.17) is 0 Å². The van der Waals surface area contributed by atoms with E-state index < -0.39 is 5.60 Å². The summed E-state index contributed by atoms with van der Waals surface area (Å²) in [7, 11) is 0. The summed E-state index contributed by atoms with van der Waals surface area (Å²) < 4.78 is 0. The number of nitrogens with zero attached hydrogens (tertiary/aromatic N) is 2. The van der Waals surface area contributed by atoms with Crippen LogP contribution in [0.25, 0.3) is 0 Å². The summed E-state index contributed by atoms with van der Waals surface area (Å²) in [6.45, 7) is 5.25. The molecule has 2 heterocycles. The highest BCUT2D eigenvalue weighted by atomic mass is 16.3. The molecule has 0 aliphatic carbocycles. The number of aromatic nitrogens is 1. The molecule has 1 aliphatic rings. The highest BCUT2D eigenvalue weighted by Gasteiger charge is 2.34. The maximum atomic E-state index is 11.5. The molecule has 0 radical (unpaired) electrons. The van der Waals surface area contributed by atoms with Crippen molar-refractivity contribution in [3.05, 3.63) is 65.5 Å². The third-order valence-corrected chi connectivity index (χ3v) is 4.67. The van der Waals surface area contributed by atoms with E-state index in [2.05, 4.69) is 22.9 Å². The lowest BCUT2D eigenvalue weighted by molar-refractivity contribution is 0.0554. The largest absolute Gasteiger partial charge is 0.379 e. The molecule has 0 saturated carbocycles. The van der Waals surface area contributed by atoms with E-state index >= 15 is 0 Å². The second kappa shape index (κ2) is 6.59. The molecule has 3 rings (SSSR count). The van der Waals surface area contributed by atoms with E-state index in [9.17, 15) is 5.11 Å². The number of pyridine rings is 1. The van der Waals surface area contributed by atoms with E-state index in [1.54, 1.807) is 6.20 Å². The molecule has 22 heavy (non-hydrogen) atoms. The third kappa shape index (κ3) is 3.06. The van der Waals surface area contributed by atoms with Crippen LogP contribution in [0.15, 0.2) is 48.7 Å². The molecule has 3 heteroatoms. The summed E-state index contributed by atoms with van der Waals surface area (Å²) in [5.41, 5.74) is 1.79. The van der Waals surface area contributed by atoms with E-state index in [1.165, 1.54) is 12.8 Å². The first-order chi connectivity index (χ1) is 10.7. The molecule has 1 atom stereocenters. The summed E-state index contributed by atoms with van der Waals surface area (Å²) in [6, 6.07) is 13.8. The van der Waals surface area contributed by atoms with E-state index in [-0.39, 0.29) is 0 Å². The third-order valence-electron chi connectivity index (χ3n) is 4.67. The van der Waals surface area contributed by atoms with Gasteiger partial charge in [-0.3, -0.25) is 4.98 Å². The van der Waals surface area contributed by atoms with E-state index in [1.807, 2.05) is 36.4 Å². The Hall–Kier alpha value is -1.71. The van der Waals surface area contributed by atoms with Crippen LogP contribution in [0, 0.1) is 6.92 Å². The monoisotopic (exact) mass is 296 g/mol. The van der Waals surface area contributed by atoms with Gasteiger partial charge in [0.1, 0.15) is 5.60 Å². The molecule has 1 fully saturated rings. The molecular formula is C19H24N2O. The molecule has 1 saturated heterocycles. The summed E-state index contributed by atoms with van der Waals surface area (Å²) in [4.78, 5) is 6.88. The Kier molecular flexibility index (Phi) is 4.55. The van der Waals surface area contributed by atoms with Crippen molar-refractivity contribution in [2.75, 3.05) is 19.6 Å². The van der Waals surface area contributed by atoms with E-state index in [0.29, 0.717) is 6.42 Å². The Morgan fingerprint density at radius 3 is 2.50 bits per heavy atom. The molecule has 1 N–H and O–H groups in total. The smallest absolute Gasteiger partial charge is 0.133 e. The summed E-state index contributed by atoms with van der Waals surface area (Å²) in [6.07, 6.45) is 4.97. The fourth-order valence-electron chi connectivity index (χ4n) is 3.37. The van der Waals surface area contributed by atoms with Crippen LogP contribution in [-0.4, -0.2) is 34.6 Å². The van der Waals surface area contributed by atoms with Gasteiger partial charge in [0.25, 0.3) is 0 Å². The molecule has 1 aromatic heterocycles. The van der Waals surface area contributed by atoms with Gasteiger partial charge in [0.05, 0.1) is 5.69 Å². The second-order valence-electron chi connectivity index (χ2n) is 6.19. The van der Waals surface area contributed by atoms with Gasteiger partial charge in [0.2, 0.25) is 0 Å². The second-order valence-corrected chi connectivity index (χ2v) is 6.19. The zero-order valence-electron chi connectivity index (χ0n) is 13.2. The number of likely N-dealkylation sites (tertiary alicyclic amines) is 1. The van der Waals surface area contributed by atoms with Crippen molar-refractivity contribution in [1.29, 1.82) is 0 Å². The molecule has 3 nitrogen and oxygen atoms in total. The molecule has 0 bridgehead atoms. The molecule has 1 unspecified atom stereocenters. The van der Waals surface area contributed by atoms with Crippen LogP contribution in [-0.2, 0) is 5.60 Å². The van der Waals surface area contributed by atoms with Crippen molar-refractivity contribution >= 4 is 0 Å². The first kappa shape index (κ1) is 15.2. The molecule has 2 aromatic rings. The molecule has 1 aliphatic heterocycles. The van der Waals surface area contributed by atoms with Crippen LogP contribution in [0.4, 0.5) is 0 Å². The standard InChI is InChI=1S/C19H24N2O/c1-16-8-2-3-9-17(16)19(22,18-10-4-5-12-20-18)11-15-21-13-6-7-14-21/h2-5,8-10,12,22H,6-7,11,13-15H2,1H3. The first-order valence-corrected chi connectivity index (χ1v) is 8.12. The van der Waals surface area contributed by atoms with Crippen molar-refractivity contribution < 1.29 is 5.11 Å². The Labute approximate surface area is 132 Å². The minimum absolute atomic E-state index is 0.675. The van der Waals surface area contributed by atoms with Crippen LogP contribution in [0.5, 0.6) is 0 Å². The number of benzene rings is 1. The summed E-state index contributed by atoms with van der Waals surface area (Å²) in [5, 5.41) is 11.5. The molecular weight excluding hydrogens is 272 g/mol. The van der Waals surface area contributed by atoms with Crippen LogP contribution < -0.4 is 0 Å². The lowest BCUT2D eigenvalue weighted by Crippen LogP contribution is -2.34. The zero-order chi connectivity index (χ0) is 15.4. The summed E-state index contributed by atoms with van der Waals surface area (Å²) in [5.74, 6) is 0. The van der Waals surface area contributed by atoms with Crippen molar-refractivity contribution in [2.24, 2.45) is 0 Å². The number of rotatable bonds is 5. The van der Waals surface area contributed by atoms with Crippen molar-refractivity contribution in [2.45, 2.75) is 31.8 Å². The predicted octanol–water partition coefficient (Wildman–Crippen LogP) is 3.11. The number of hydrogen-bond acceptors (Lipinski definition) is 3. The minimum Gasteiger partial charge on any atom is -0.379 e. The van der Waals surface area contributed by atoms with Crippen LogP contribution >= 0.6 is 0 Å². The van der Waals surface area contributed by atoms with Gasteiger partial charge in [0.15, 0.2) is 0 Å². The Balaban J connectivity index is 1.93.